The Bertz CT molecular complexity index is 850. The minimum atomic E-state index is -0.192. The van der Waals surface area contributed by atoms with Crippen LogP contribution in [0.2, 0.25) is 0 Å². The molecule has 6 nitrogen and oxygen atoms in total. The van der Waals surface area contributed by atoms with E-state index in [-0.39, 0.29) is 5.91 Å². The highest BCUT2D eigenvalue weighted by atomic mass is 16.5. The van der Waals surface area contributed by atoms with E-state index in [9.17, 15) is 4.79 Å². The Labute approximate surface area is 158 Å². The summed E-state index contributed by atoms with van der Waals surface area (Å²) in [5, 5.41) is 5.99. The summed E-state index contributed by atoms with van der Waals surface area (Å²) in [4.78, 5) is 16.5. The van der Waals surface area contributed by atoms with Gasteiger partial charge >= 0.3 is 0 Å². The van der Waals surface area contributed by atoms with E-state index in [1.807, 2.05) is 54.6 Å². The molecule has 0 atom stereocenters. The molecule has 1 aromatic heterocycles. The fraction of sp³-hybridized carbons (Fsp3) is 0.143. The van der Waals surface area contributed by atoms with Crippen molar-refractivity contribution in [1.29, 1.82) is 0 Å². The number of carbonyl (C=O) groups is 1. The summed E-state index contributed by atoms with van der Waals surface area (Å²) in [5.41, 5.74) is 1.25. The van der Waals surface area contributed by atoms with Gasteiger partial charge in [0.2, 0.25) is 0 Å². The molecule has 6 heteroatoms. The van der Waals surface area contributed by atoms with Crippen molar-refractivity contribution in [1.82, 2.24) is 4.98 Å². The smallest absolute Gasteiger partial charge is 0.257 e. The van der Waals surface area contributed by atoms with Gasteiger partial charge in [-0.25, -0.2) is 4.98 Å². The van der Waals surface area contributed by atoms with Gasteiger partial charge in [-0.05, 0) is 48.5 Å². The van der Waals surface area contributed by atoms with Gasteiger partial charge < -0.3 is 20.1 Å². The maximum absolute atomic E-state index is 12.2. The molecule has 27 heavy (non-hydrogen) atoms. The number of nitrogens with one attached hydrogen (secondary N) is 2. The van der Waals surface area contributed by atoms with E-state index in [0.717, 1.165) is 17.2 Å². The van der Waals surface area contributed by atoms with Gasteiger partial charge in [-0.3, -0.25) is 4.79 Å². The number of amides is 1. The molecule has 0 aliphatic carbocycles. The molecule has 0 unspecified atom stereocenters. The van der Waals surface area contributed by atoms with E-state index in [2.05, 4.69) is 15.6 Å². The third kappa shape index (κ3) is 5.47. The average molecular weight is 363 g/mol. The van der Waals surface area contributed by atoms with Crippen LogP contribution in [-0.2, 0) is 0 Å². The van der Waals surface area contributed by atoms with Crippen LogP contribution in [0.15, 0.2) is 72.9 Å². The molecule has 2 aromatic carbocycles. The molecule has 1 heterocycles. The Morgan fingerprint density at radius 3 is 2.37 bits per heavy atom. The van der Waals surface area contributed by atoms with Crippen LogP contribution in [0.5, 0.6) is 11.5 Å². The number of aromatic nitrogens is 1. The number of nitrogens with zero attached hydrogens (tertiary/aromatic N) is 1. The second kappa shape index (κ2) is 9.24. The van der Waals surface area contributed by atoms with Crippen molar-refractivity contribution < 1.29 is 14.3 Å². The largest absolute Gasteiger partial charge is 0.497 e. The summed E-state index contributed by atoms with van der Waals surface area (Å²) in [7, 11) is 1.63. The third-order valence-corrected chi connectivity index (χ3v) is 3.79. The highest BCUT2D eigenvalue weighted by Gasteiger charge is 2.06. The van der Waals surface area contributed by atoms with Crippen LogP contribution in [0.25, 0.3) is 0 Å². The van der Waals surface area contributed by atoms with Crippen LogP contribution < -0.4 is 20.1 Å². The molecular weight excluding hydrogens is 342 g/mol. The lowest BCUT2D eigenvalue weighted by Gasteiger charge is -2.09. The highest BCUT2D eigenvalue weighted by molar-refractivity contribution is 6.04. The number of benzene rings is 2. The van der Waals surface area contributed by atoms with E-state index in [1.54, 1.807) is 25.4 Å². The summed E-state index contributed by atoms with van der Waals surface area (Å²) < 4.78 is 10.8. The van der Waals surface area contributed by atoms with Gasteiger partial charge in [0.05, 0.1) is 19.2 Å². The Kier molecular flexibility index (Phi) is 6.25. The molecule has 0 saturated heterocycles. The second-order valence-electron chi connectivity index (χ2n) is 5.70. The summed E-state index contributed by atoms with van der Waals surface area (Å²) >= 11 is 0. The molecule has 0 spiro atoms. The molecule has 0 bridgehead atoms. The van der Waals surface area contributed by atoms with E-state index < -0.39 is 0 Å². The maximum atomic E-state index is 12.2. The van der Waals surface area contributed by atoms with Crippen molar-refractivity contribution in [2.75, 3.05) is 30.9 Å². The minimum absolute atomic E-state index is 0.192. The van der Waals surface area contributed by atoms with Crippen molar-refractivity contribution in [3.8, 4) is 11.5 Å². The summed E-state index contributed by atoms with van der Waals surface area (Å²) in [6.07, 6.45) is 1.55. The van der Waals surface area contributed by atoms with E-state index in [1.165, 1.54) is 0 Å². The van der Waals surface area contributed by atoms with Crippen molar-refractivity contribution in [2.45, 2.75) is 0 Å². The van der Waals surface area contributed by atoms with Crippen LogP contribution in [0.4, 0.5) is 11.5 Å². The van der Waals surface area contributed by atoms with Crippen LogP contribution >= 0.6 is 0 Å². The molecule has 0 aliphatic rings. The Balaban J connectivity index is 1.44. The fourth-order valence-corrected chi connectivity index (χ4v) is 2.38. The second-order valence-corrected chi connectivity index (χ2v) is 5.70. The number of ether oxygens (including phenoxy) is 2. The zero-order chi connectivity index (χ0) is 18.9. The van der Waals surface area contributed by atoms with Gasteiger partial charge in [0, 0.05) is 11.9 Å². The standard InChI is InChI=1S/C21H21N3O3/c1-26-18-8-10-19(11-9-18)27-14-13-22-20-12-7-16(15-23-20)21(25)24-17-5-3-2-4-6-17/h2-12,15H,13-14H2,1H3,(H,22,23)(H,24,25). The topological polar surface area (TPSA) is 72.5 Å². The predicted octanol–water partition coefficient (Wildman–Crippen LogP) is 3.83. The summed E-state index contributed by atoms with van der Waals surface area (Å²) in [6, 6.07) is 20.2. The van der Waals surface area contributed by atoms with Gasteiger partial charge in [0.1, 0.15) is 23.9 Å². The zero-order valence-electron chi connectivity index (χ0n) is 15.0. The lowest BCUT2D eigenvalue weighted by atomic mass is 10.2. The van der Waals surface area contributed by atoms with Crippen LogP contribution in [0.1, 0.15) is 10.4 Å². The lowest BCUT2D eigenvalue weighted by Crippen LogP contribution is -2.14. The maximum Gasteiger partial charge on any atom is 0.257 e. The van der Waals surface area contributed by atoms with Gasteiger partial charge in [0.25, 0.3) is 5.91 Å². The SMILES string of the molecule is COc1ccc(OCCNc2ccc(C(=O)Nc3ccccc3)cn2)cc1. The number of carbonyl (C=O) groups excluding carboxylic acids is 1. The normalized spacial score (nSPS) is 10.1. The zero-order valence-corrected chi connectivity index (χ0v) is 15.0. The number of hydrogen-bond acceptors (Lipinski definition) is 5. The Morgan fingerprint density at radius 1 is 0.963 bits per heavy atom. The minimum Gasteiger partial charge on any atom is -0.497 e. The third-order valence-electron chi connectivity index (χ3n) is 3.79. The number of pyridine rings is 1. The van der Waals surface area contributed by atoms with Crippen molar-refractivity contribution in [3.05, 3.63) is 78.5 Å². The molecule has 2 N–H and O–H groups in total. The molecular formula is C21H21N3O3. The van der Waals surface area contributed by atoms with Crippen LogP contribution in [0, 0.1) is 0 Å². The molecule has 0 aliphatic heterocycles. The highest BCUT2D eigenvalue weighted by Crippen LogP contribution is 2.17. The molecule has 3 rings (SSSR count). The number of anilines is 2. The predicted molar refractivity (Wildman–Crippen MR) is 106 cm³/mol. The van der Waals surface area contributed by atoms with E-state index in [0.29, 0.717) is 24.5 Å². The average Bonchev–Trinajstić information content (AvgIpc) is 2.73. The first-order valence-electron chi connectivity index (χ1n) is 8.58. The van der Waals surface area contributed by atoms with Crippen molar-refractivity contribution in [2.24, 2.45) is 0 Å². The van der Waals surface area contributed by atoms with Gasteiger partial charge in [-0.15, -0.1) is 0 Å². The molecule has 0 fully saturated rings. The molecule has 1 amide bonds. The number of para-hydroxylation sites is 1. The molecule has 0 saturated carbocycles. The Hall–Kier alpha value is -3.54. The first kappa shape index (κ1) is 18.3. The quantitative estimate of drug-likeness (QED) is 0.595. The first-order valence-corrected chi connectivity index (χ1v) is 8.58. The van der Waals surface area contributed by atoms with E-state index >= 15 is 0 Å². The van der Waals surface area contributed by atoms with Gasteiger partial charge in [-0.1, -0.05) is 18.2 Å². The monoisotopic (exact) mass is 363 g/mol. The first-order chi connectivity index (χ1) is 13.2. The number of methoxy groups -OCH3 is 1. The molecule has 138 valence electrons. The molecule has 0 radical (unpaired) electrons. The summed E-state index contributed by atoms with van der Waals surface area (Å²) in [6.45, 7) is 1.08. The fourth-order valence-electron chi connectivity index (χ4n) is 2.38. The summed E-state index contributed by atoms with van der Waals surface area (Å²) in [5.74, 6) is 2.06. The van der Waals surface area contributed by atoms with Gasteiger partial charge in [-0.2, -0.15) is 0 Å². The molecule has 3 aromatic rings. The van der Waals surface area contributed by atoms with Crippen molar-refractivity contribution >= 4 is 17.4 Å². The van der Waals surface area contributed by atoms with Crippen LogP contribution in [-0.4, -0.2) is 31.2 Å². The Morgan fingerprint density at radius 2 is 1.70 bits per heavy atom. The number of rotatable bonds is 8. The van der Waals surface area contributed by atoms with Gasteiger partial charge in [0.15, 0.2) is 0 Å². The van der Waals surface area contributed by atoms with Crippen molar-refractivity contribution in [3.63, 3.8) is 0 Å². The lowest BCUT2D eigenvalue weighted by molar-refractivity contribution is 0.102. The van der Waals surface area contributed by atoms with E-state index in [4.69, 9.17) is 9.47 Å². The van der Waals surface area contributed by atoms with Crippen LogP contribution in [0.3, 0.4) is 0 Å². The number of hydrogen-bond donors (Lipinski definition) is 2.